The van der Waals surface area contributed by atoms with Gasteiger partial charge in [-0.2, -0.15) is 0 Å². The summed E-state index contributed by atoms with van der Waals surface area (Å²) in [7, 11) is 0. The zero-order valence-corrected chi connectivity index (χ0v) is 33.3. The Labute approximate surface area is 307 Å². The monoisotopic (exact) mass is 675 g/mol. The van der Waals surface area contributed by atoms with Gasteiger partial charge in [-0.25, -0.2) is 4.57 Å². The quantitative estimate of drug-likeness (QED) is 0.0500. The second-order valence-corrected chi connectivity index (χ2v) is 15.7. The van der Waals surface area contributed by atoms with Crippen LogP contribution >= 0.6 is 0 Å². The number of benzene rings is 1. The molecule has 0 amide bonds. The lowest BCUT2D eigenvalue weighted by molar-refractivity contribution is -0.697. The summed E-state index contributed by atoms with van der Waals surface area (Å²) < 4.78 is 2.49. The fourth-order valence-corrected chi connectivity index (χ4v) is 7.71. The topological polar surface area (TPSA) is 3.88 Å². The average molecular weight is 675 g/mol. The first kappa shape index (κ1) is 43.5. The number of rotatable bonds is 36. The van der Waals surface area contributed by atoms with E-state index in [2.05, 4.69) is 67.2 Å². The van der Waals surface area contributed by atoms with Crippen LogP contribution in [0.15, 0.2) is 48.8 Å². The molecule has 0 radical (unpaired) electrons. The van der Waals surface area contributed by atoms with Crippen LogP contribution in [0, 0.1) is 0 Å². The lowest BCUT2D eigenvalue weighted by Crippen LogP contribution is -2.34. The van der Waals surface area contributed by atoms with Crippen LogP contribution in [0.4, 0.5) is 0 Å². The van der Waals surface area contributed by atoms with Crippen LogP contribution in [-0.4, -0.2) is 0 Å². The summed E-state index contributed by atoms with van der Waals surface area (Å²) in [5.74, 6) is 0. The first-order valence-corrected chi connectivity index (χ1v) is 22.4. The predicted molar refractivity (Wildman–Crippen MR) is 219 cm³/mol. The van der Waals surface area contributed by atoms with Gasteiger partial charge in [-0.1, -0.05) is 224 Å². The molecule has 0 aliphatic carbocycles. The minimum absolute atomic E-state index is 1.12. The molecule has 1 heteroatoms. The molecule has 1 aromatic heterocycles. The average Bonchev–Trinajstić information content (AvgIpc) is 3.12. The van der Waals surface area contributed by atoms with Crippen LogP contribution in [0.1, 0.15) is 230 Å². The second kappa shape index (κ2) is 33.5. The number of unbranched alkanes of at least 4 members (excludes halogenated alkanes) is 28. The molecule has 0 unspecified atom stereocenters. The summed E-state index contributed by atoms with van der Waals surface area (Å²) in [5, 5.41) is 0. The van der Waals surface area contributed by atoms with E-state index in [-0.39, 0.29) is 0 Å². The molecule has 49 heavy (non-hydrogen) atoms. The van der Waals surface area contributed by atoms with Crippen molar-refractivity contribution >= 4 is 0 Å². The first-order valence-electron chi connectivity index (χ1n) is 22.4. The van der Waals surface area contributed by atoms with Crippen LogP contribution in [0.5, 0.6) is 0 Å². The molecule has 0 saturated carbocycles. The van der Waals surface area contributed by atoms with Gasteiger partial charge in [0.15, 0.2) is 12.4 Å². The van der Waals surface area contributed by atoms with Gasteiger partial charge in [-0.15, -0.1) is 0 Å². The van der Waals surface area contributed by atoms with Crippen molar-refractivity contribution in [1.82, 2.24) is 0 Å². The number of aryl methyl sites for hydroxylation is 4. The molecule has 1 heterocycles. The fourth-order valence-electron chi connectivity index (χ4n) is 7.71. The summed E-state index contributed by atoms with van der Waals surface area (Å²) in [5.41, 5.74) is 4.74. The van der Waals surface area contributed by atoms with Gasteiger partial charge in [0.25, 0.3) is 0 Å². The Bertz CT molecular complexity index is 949. The van der Waals surface area contributed by atoms with Crippen molar-refractivity contribution in [1.29, 1.82) is 0 Å². The van der Waals surface area contributed by atoms with Crippen LogP contribution in [0.2, 0.25) is 0 Å². The minimum Gasteiger partial charge on any atom is -0.205 e. The van der Waals surface area contributed by atoms with Crippen LogP contribution in [-0.2, 0) is 25.8 Å². The van der Waals surface area contributed by atoms with E-state index in [1.807, 2.05) is 0 Å². The highest BCUT2D eigenvalue weighted by molar-refractivity contribution is 5.21. The van der Waals surface area contributed by atoms with Crippen LogP contribution < -0.4 is 4.57 Å². The highest BCUT2D eigenvalue weighted by atomic mass is 14.9. The molecule has 0 N–H and O–H groups in total. The SMILES string of the molecule is CCCCCCCCCCCCCCCCCc1cc[n+](CCCc2ccccc2)cc1CCCCCCCCCCCCCCCCC. The van der Waals surface area contributed by atoms with E-state index >= 15 is 0 Å². The fraction of sp³-hybridized carbons (Fsp3) is 0.771. The van der Waals surface area contributed by atoms with Crippen molar-refractivity contribution in [2.75, 3.05) is 0 Å². The maximum atomic E-state index is 2.52. The minimum atomic E-state index is 1.12. The highest BCUT2D eigenvalue weighted by Crippen LogP contribution is 2.19. The highest BCUT2D eigenvalue weighted by Gasteiger charge is 2.10. The predicted octanol–water partition coefficient (Wildman–Crippen LogP) is 15.4. The molecule has 2 aromatic rings. The molecule has 280 valence electrons. The van der Waals surface area contributed by atoms with Gasteiger partial charge in [0, 0.05) is 18.1 Å². The van der Waals surface area contributed by atoms with Gasteiger partial charge >= 0.3 is 0 Å². The first-order chi connectivity index (χ1) is 24.3. The number of hydrogen-bond donors (Lipinski definition) is 0. The maximum absolute atomic E-state index is 2.52. The smallest absolute Gasteiger partial charge is 0.172 e. The van der Waals surface area contributed by atoms with Gasteiger partial charge in [0.1, 0.15) is 6.54 Å². The Hall–Kier alpha value is -1.63. The molecule has 0 aliphatic rings. The molecule has 0 atom stereocenters. The van der Waals surface area contributed by atoms with Gasteiger partial charge in [0.05, 0.1) is 0 Å². The molecule has 0 aliphatic heterocycles. The molecule has 1 nitrogen and oxygen atoms in total. The van der Waals surface area contributed by atoms with E-state index in [9.17, 15) is 0 Å². The van der Waals surface area contributed by atoms with Crippen molar-refractivity contribution in [3.8, 4) is 0 Å². The Morgan fingerprint density at radius 3 is 1.12 bits per heavy atom. The van der Waals surface area contributed by atoms with E-state index in [0.717, 1.165) is 6.54 Å². The van der Waals surface area contributed by atoms with Crippen molar-refractivity contribution < 1.29 is 4.57 Å². The summed E-state index contributed by atoms with van der Waals surface area (Å²) >= 11 is 0. The van der Waals surface area contributed by atoms with E-state index in [0.29, 0.717) is 0 Å². The molecule has 0 bridgehead atoms. The van der Waals surface area contributed by atoms with Gasteiger partial charge in [0.2, 0.25) is 0 Å². The van der Waals surface area contributed by atoms with Crippen molar-refractivity contribution in [2.45, 2.75) is 239 Å². The third-order valence-corrected chi connectivity index (χ3v) is 11.0. The second-order valence-electron chi connectivity index (χ2n) is 15.7. The van der Waals surface area contributed by atoms with Gasteiger partial charge in [-0.3, -0.25) is 0 Å². The summed E-state index contributed by atoms with van der Waals surface area (Å²) in [6.07, 6.45) is 53.0. The van der Waals surface area contributed by atoms with E-state index < -0.39 is 0 Å². The van der Waals surface area contributed by atoms with Crippen molar-refractivity contribution in [3.63, 3.8) is 0 Å². The van der Waals surface area contributed by atoms with E-state index in [4.69, 9.17) is 0 Å². The Morgan fingerprint density at radius 2 is 0.714 bits per heavy atom. The molecule has 2 rings (SSSR count). The third-order valence-electron chi connectivity index (χ3n) is 11.0. The zero-order valence-electron chi connectivity index (χ0n) is 33.3. The van der Waals surface area contributed by atoms with Crippen molar-refractivity contribution in [2.24, 2.45) is 0 Å². The zero-order chi connectivity index (χ0) is 34.7. The number of aromatic nitrogens is 1. The largest absolute Gasteiger partial charge is 0.205 e. The summed E-state index contributed by atoms with van der Waals surface area (Å²) in [4.78, 5) is 0. The Morgan fingerprint density at radius 1 is 0.347 bits per heavy atom. The van der Waals surface area contributed by atoms with Crippen LogP contribution in [0.3, 0.4) is 0 Å². The summed E-state index contributed by atoms with van der Waals surface area (Å²) in [6.45, 7) is 5.75. The Balaban J connectivity index is 1.60. The van der Waals surface area contributed by atoms with E-state index in [1.54, 1.807) is 11.1 Å². The molecular formula is C48H84N+. The molecule has 1 aromatic carbocycles. The molecule has 0 fully saturated rings. The molecular weight excluding hydrogens is 591 g/mol. The number of hydrogen-bond acceptors (Lipinski definition) is 0. The number of pyridine rings is 1. The van der Waals surface area contributed by atoms with Gasteiger partial charge in [-0.05, 0) is 43.2 Å². The standard InChI is InChI=1S/C48H84N/c1-3-5-7-9-11-13-15-17-19-21-23-25-27-29-34-40-47-42-44-49(43-36-39-46-37-32-31-33-38-46)45-48(47)41-35-30-28-26-24-22-20-18-16-14-12-10-8-6-4-2/h31-33,37-38,42,44-45H,3-30,34-36,39-41,43H2,1-2H3/q+1. The lowest BCUT2D eigenvalue weighted by atomic mass is 9.97. The summed E-state index contributed by atoms with van der Waals surface area (Å²) in [6, 6.07) is 13.5. The molecule has 0 spiro atoms. The molecule has 0 saturated heterocycles. The van der Waals surface area contributed by atoms with E-state index in [1.165, 1.54) is 224 Å². The third kappa shape index (κ3) is 25.9. The normalized spacial score (nSPS) is 11.5. The number of nitrogens with zero attached hydrogens (tertiary/aromatic N) is 1. The van der Waals surface area contributed by atoms with Gasteiger partial charge < -0.3 is 0 Å². The Kier molecular flexibility index (Phi) is 29.8. The van der Waals surface area contributed by atoms with Crippen LogP contribution in [0.25, 0.3) is 0 Å². The maximum Gasteiger partial charge on any atom is 0.172 e. The van der Waals surface area contributed by atoms with Crippen molar-refractivity contribution in [3.05, 3.63) is 65.5 Å². The lowest BCUT2D eigenvalue weighted by Gasteiger charge is -2.10.